The minimum atomic E-state index is -3.15. The molecular formula is C93H66N4O. The molecule has 0 saturated carbocycles. The van der Waals surface area contributed by atoms with Gasteiger partial charge in [-0.3, -0.25) is 13.7 Å². The second-order valence-corrected chi connectivity index (χ2v) is 21.8. The zero-order chi connectivity index (χ0) is 104. The van der Waals surface area contributed by atoms with E-state index in [1.807, 2.05) is 0 Å². The summed E-state index contributed by atoms with van der Waals surface area (Å²) in [6.07, 6.45) is 4.30. The van der Waals surface area contributed by atoms with Gasteiger partial charge in [-0.05, 0) is 229 Å². The third-order valence-corrected chi connectivity index (χ3v) is 16.0. The first-order valence-electron chi connectivity index (χ1n) is 52.3. The van der Waals surface area contributed by atoms with E-state index in [2.05, 4.69) is 11.3 Å². The van der Waals surface area contributed by atoms with E-state index in [0.717, 1.165) is 35.0 Å². The highest BCUT2D eigenvalue weighted by molar-refractivity contribution is 6.09. The molecule has 0 aliphatic carbocycles. The number of fused-ring (bicyclic) bond motifs is 4. The molecule has 0 aliphatic rings. The molecule has 0 N–H and O–H groups in total. The molecule has 0 spiro atoms. The Morgan fingerprint density at radius 2 is 0.857 bits per heavy atom. The molecule has 0 radical (unpaired) electrons. The number of benzene rings is 14. The summed E-state index contributed by atoms with van der Waals surface area (Å²) in [7, 11) is 0. The van der Waals surface area contributed by atoms with Crippen molar-refractivity contribution in [3.8, 4) is 129 Å². The molecule has 3 heterocycles. The Kier molecular flexibility index (Phi) is 7.29. The molecule has 0 amide bonds. The maximum absolute atomic E-state index is 10.9. The van der Waals surface area contributed by atoms with Crippen LogP contribution in [-0.4, -0.2) is 14.1 Å². The van der Waals surface area contributed by atoms with Crippen molar-refractivity contribution in [1.29, 1.82) is 0 Å². The second kappa shape index (κ2) is 25.2. The SMILES string of the molecule is [2H]c1c([2H])c([2H])c(-c2cc(-c3c([2H])c(-c4c([2H])c([2H])c([2H])c([2H])c4[2H])c([2H])c(-c4c([2H])c([2H])c([2H])c([2H])c4[2H])c3[2H])c(-[n+]3[c-]n(-c4cccc(Oc5ccc6c7ccccc7n(-c7cc(C([2H])([2H])[2H])c(-c8c([2H])c([2H])c([2H])c([2H])c8[2H])cn7)c6c5)c4)c4cc(-c5c(C([2H])([2H])[2H])cccc5C([2H])([2H])[2H])ccc43)c(-c3c([2H])c(-c4c([2H])c([2H])c([2H])c([2H])c4[2H])c([2H])c(-c4c([2H])c([2H])c([2H])c([2H])c4[2H])c3[2H])c2)c([2H])c1[2H]. The molecule has 0 aliphatic heterocycles. The number of ether oxygens (including phenoxy) is 1. The number of hydrogen-bond acceptors (Lipinski definition) is 2. The number of aryl methyl sites for hydroxylation is 3. The normalized spacial score (nSPS) is 18.3. The van der Waals surface area contributed by atoms with Gasteiger partial charge < -0.3 is 4.74 Å². The van der Waals surface area contributed by atoms with Gasteiger partial charge in [0.25, 0.3) is 6.33 Å². The largest absolute Gasteiger partial charge is 0.458 e. The Balaban J connectivity index is 1.07. The average molecular weight is 1300 g/mol. The second-order valence-electron chi connectivity index (χ2n) is 21.8. The van der Waals surface area contributed by atoms with Gasteiger partial charge in [0.1, 0.15) is 17.3 Å². The monoisotopic (exact) mass is 1300 g/mol. The summed E-state index contributed by atoms with van der Waals surface area (Å²) in [5, 5.41) is 1.10. The lowest BCUT2D eigenvalue weighted by molar-refractivity contribution is -0.571. The Morgan fingerprint density at radius 3 is 1.41 bits per heavy atom. The standard InChI is InChI=1S/C93H66N4O/c1-62-26-24-27-63(2)92(62)71-44-47-88-90(57-71)95(79-40-25-41-80(58-79)98-81-45-46-83-82-42-22-23-43-87(82)97(89(83)59-81)91-48-64(3)86(60-94-91)70-38-20-9-21-39-70)61-96(88)93-84(77-51-72(65-28-10-4-11-29-65)49-73(52-77)66-30-12-5-13-31-66)55-76(69-36-18-8-19-37-69)56-85(93)78-53-74(67-32-14-6-15-33-67)50-75(54-78)68-34-16-7-17-35-68/h4-60H,1-3H3/i1D3,2D3,3D3,4D,5D,6D,7D,8D,9D,10D,11D,12D,13D,14D,15D,16D,17D,18D,19D,20D,21D,28D,29D,30D,31D,32D,33D,34D,35D,36D,37D,38D,39D,49D,50D,51D,52D,53D,54D. The Labute approximate surface area is 634 Å². The third kappa shape index (κ3) is 11.1. The van der Waals surface area contributed by atoms with Crippen LogP contribution in [0.25, 0.3) is 150 Å². The number of nitrogens with zero attached hydrogens (tertiary/aromatic N) is 4. The summed E-state index contributed by atoms with van der Waals surface area (Å²) in [6, 6.07) is -12.0. The first-order chi connectivity index (χ1) is 66.9. The summed E-state index contributed by atoms with van der Waals surface area (Å²) >= 11 is 0. The fraction of sp³-hybridized carbons (Fsp3) is 0.0323. The van der Waals surface area contributed by atoms with Gasteiger partial charge in [-0.2, -0.15) is 0 Å². The smallest absolute Gasteiger partial charge is 0.269 e. The molecule has 0 bridgehead atoms. The van der Waals surface area contributed by atoms with E-state index in [1.54, 1.807) is 47.0 Å². The van der Waals surface area contributed by atoms with E-state index >= 15 is 0 Å². The van der Waals surface area contributed by atoms with E-state index in [9.17, 15) is 24.7 Å². The summed E-state index contributed by atoms with van der Waals surface area (Å²) in [5.74, 6) is -0.134. The highest BCUT2D eigenvalue weighted by atomic mass is 16.5. The first kappa shape index (κ1) is 28.3. The van der Waals surface area contributed by atoms with Gasteiger partial charge in [0.2, 0.25) is 0 Å². The fourth-order valence-corrected chi connectivity index (χ4v) is 11.7. The van der Waals surface area contributed by atoms with E-state index in [0.29, 0.717) is 21.8 Å². The van der Waals surface area contributed by atoms with Crippen molar-refractivity contribution < 1.29 is 71.0 Å². The highest BCUT2D eigenvalue weighted by Crippen LogP contribution is 2.45. The van der Waals surface area contributed by atoms with Gasteiger partial charge in [-0.15, -0.1) is 0 Å². The minimum absolute atomic E-state index is 0.0141. The van der Waals surface area contributed by atoms with Gasteiger partial charge in [0, 0.05) is 40.9 Å². The summed E-state index contributed by atoms with van der Waals surface area (Å²) in [6.45, 7) is -9.33. The summed E-state index contributed by atoms with van der Waals surface area (Å²) in [5.41, 5.74) is -18.0. The van der Waals surface area contributed by atoms with E-state index < -0.39 is 349 Å². The molecule has 464 valence electrons. The lowest BCUT2D eigenvalue weighted by Gasteiger charge is -2.22. The van der Waals surface area contributed by atoms with Crippen LogP contribution in [0.15, 0.2) is 345 Å². The van der Waals surface area contributed by atoms with Crippen molar-refractivity contribution in [2.75, 3.05) is 0 Å². The molecule has 0 fully saturated rings. The molecule has 17 aromatic rings. The maximum Gasteiger partial charge on any atom is 0.269 e. The van der Waals surface area contributed by atoms with Crippen molar-refractivity contribution in [2.45, 2.75) is 20.6 Å². The highest BCUT2D eigenvalue weighted by Gasteiger charge is 2.25. The van der Waals surface area contributed by atoms with E-state index in [4.69, 9.17) is 41.7 Å². The van der Waals surface area contributed by atoms with Gasteiger partial charge in [0.05, 0.1) is 82.8 Å². The van der Waals surface area contributed by atoms with Gasteiger partial charge in [-0.1, -0.05) is 236 Å². The van der Waals surface area contributed by atoms with Crippen LogP contribution in [0.4, 0.5) is 0 Å². The number of para-hydroxylation sites is 1. The predicted molar refractivity (Wildman–Crippen MR) is 405 cm³/mol. The molecule has 0 unspecified atom stereocenters. The zero-order valence-corrected chi connectivity index (χ0v) is 50.3. The number of pyridine rings is 1. The predicted octanol–water partition coefficient (Wildman–Crippen LogP) is 23.9. The number of imidazole rings is 1. The summed E-state index contributed by atoms with van der Waals surface area (Å²) < 4.78 is 429. The van der Waals surface area contributed by atoms with Crippen LogP contribution >= 0.6 is 0 Å². The molecule has 98 heavy (non-hydrogen) atoms. The van der Waals surface area contributed by atoms with E-state index in [1.165, 1.54) is 59.2 Å². The van der Waals surface area contributed by atoms with Crippen molar-refractivity contribution >= 4 is 32.8 Å². The molecule has 14 aromatic carbocycles. The first-order valence-corrected chi connectivity index (χ1v) is 29.8. The van der Waals surface area contributed by atoms with Crippen LogP contribution < -0.4 is 9.30 Å². The van der Waals surface area contributed by atoms with Gasteiger partial charge in [0.15, 0.2) is 0 Å². The Hall–Kier alpha value is -12.7. The Bertz CT molecular complexity index is 7900. The molecular weight excluding hydrogens is 1190 g/mol. The lowest BCUT2D eigenvalue weighted by Crippen LogP contribution is -2.31. The minimum Gasteiger partial charge on any atom is -0.458 e. The van der Waals surface area contributed by atoms with Crippen LogP contribution in [0, 0.1) is 26.9 Å². The molecule has 5 nitrogen and oxygen atoms in total. The van der Waals surface area contributed by atoms with Crippen molar-refractivity contribution in [2.24, 2.45) is 0 Å². The lowest BCUT2D eigenvalue weighted by atomic mass is 9.86. The van der Waals surface area contributed by atoms with Crippen molar-refractivity contribution in [1.82, 2.24) is 14.1 Å². The quantitative estimate of drug-likeness (QED) is 0.0803. The van der Waals surface area contributed by atoms with Crippen LogP contribution in [0.3, 0.4) is 0 Å². The van der Waals surface area contributed by atoms with Crippen LogP contribution in [0.2, 0.25) is 0 Å². The third-order valence-electron chi connectivity index (χ3n) is 16.0. The molecule has 0 atom stereocenters. The number of rotatable bonds is 14. The molecule has 17 rings (SSSR count). The van der Waals surface area contributed by atoms with Crippen molar-refractivity contribution in [3.63, 3.8) is 0 Å². The van der Waals surface area contributed by atoms with Crippen LogP contribution in [0.5, 0.6) is 11.5 Å². The topological polar surface area (TPSA) is 35.9 Å². The number of aromatic nitrogens is 4. The molecule has 3 aromatic heterocycles. The molecule has 5 heteroatoms. The summed E-state index contributed by atoms with van der Waals surface area (Å²) in [4.78, 5) is 4.69. The van der Waals surface area contributed by atoms with Gasteiger partial charge >= 0.3 is 0 Å². The number of hydrogen-bond donors (Lipinski definition) is 0. The van der Waals surface area contributed by atoms with Crippen LogP contribution in [-0.2, 0) is 0 Å². The molecule has 0 saturated heterocycles. The zero-order valence-electron chi connectivity index (χ0n) is 95.3. The Morgan fingerprint density at radius 1 is 0.367 bits per heavy atom. The maximum atomic E-state index is 10.9. The fourth-order valence-electron chi connectivity index (χ4n) is 11.7. The van der Waals surface area contributed by atoms with Gasteiger partial charge in [-0.25, -0.2) is 4.98 Å². The van der Waals surface area contributed by atoms with Crippen molar-refractivity contribution in [3.05, 3.63) is 368 Å². The average Bonchev–Trinajstić information content (AvgIpc) is 1.65. The van der Waals surface area contributed by atoms with Crippen LogP contribution in [0.1, 0.15) is 78.4 Å². The van der Waals surface area contributed by atoms with E-state index in [-0.39, 0.29) is 45.2 Å².